The molecule has 1 aliphatic rings. The Balaban J connectivity index is 2.28. The highest BCUT2D eigenvalue weighted by atomic mass is 32.2. The lowest BCUT2D eigenvalue weighted by Crippen LogP contribution is -2.38. The molecule has 16 heavy (non-hydrogen) atoms. The van der Waals surface area contributed by atoms with Crippen molar-refractivity contribution in [3.8, 4) is 0 Å². The maximum atomic E-state index is 11.5. The number of hydrogen-bond donors (Lipinski definition) is 0. The summed E-state index contributed by atoms with van der Waals surface area (Å²) in [4.78, 5) is 18.1. The smallest absolute Gasteiger partial charge is 0.163 e. The fourth-order valence-corrected chi connectivity index (χ4v) is 2.95. The topological polar surface area (TPSA) is 33.2 Å². The Morgan fingerprint density at radius 3 is 3.12 bits per heavy atom. The van der Waals surface area contributed by atoms with Gasteiger partial charge in [0.2, 0.25) is 0 Å². The predicted octanol–water partition coefficient (Wildman–Crippen LogP) is 2.23. The second kappa shape index (κ2) is 4.87. The molecule has 0 radical (unpaired) electrons. The summed E-state index contributed by atoms with van der Waals surface area (Å²) in [6.07, 6.45) is 1.76. The number of aromatic nitrogens is 1. The van der Waals surface area contributed by atoms with E-state index in [-0.39, 0.29) is 5.78 Å². The van der Waals surface area contributed by atoms with Crippen LogP contribution in [-0.2, 0) is 0 Å². The van der Waals surface area contributed by atoms with Crippen molar-refractivity contribution < 1.29 is 4.79 Å². The van der Waals surface area contributed by atoms with Gasteiger partial charge in [-0.1, -0.05) is 6.92 Å². The third-order valence-corrected chi connectivity index (χ3v) is 3.84. The lowest BCUT2D eigenvalue weighted by Gasteiger charge is -2.32. The van der Waals surface area contributed by atoms with Crippen LogP contribution in [0.25, 0.3) is 0 Å². The number of Topliss-reactive ketones (excluding diaryl/α,β-unsaturated/α-hetero) is 1. The van der Waals surface area contributed by atoms with E-state index in [2.05, 4.69) is 16.8 Å². The Hall–Kier alpha value is -1.03. The average Bonchev–Trinajstić information content (AvgIpc) is 2.29. The molecule has 3 nitrogen and oxygen atoms in total. The monoisotopic (exact) mass is 236 g/mol. The van der Waals surface area contributed by atoms with Crippen molar-refractivity contribution in [1.82, 2.24) is 4.98 Å². The van der Waals surface area contributed by atoms with Gasteiger partial charge in [-0.3, -0.25) is 4.79 Å². The molecule has 1 aromatic heterocycles. The van der Waals surface area contributed by atoms with Gasteiger partial charge in [-0.15, -0.1) is 0 Å². The van der Waals surface area contributed by atoms with Crippen molar-refractivity contribution in [2.45, 2.75) is 19.1 Å². The molecule has 0 saturated carbocycles. The number of carbonyl (C=O) groups excluding carboxylic acids is 1. The lowest BCUT2D eigenvalue weighted by atomic mass is 10.1. The highest BCUT2D eigenvalue weighted by Gasteiger charge is 2.21. The van der Waals surface area contributed by atoms with Crippen LogP contribution in [0.5, 0.6) is 0 Å². The maximum absolute atomic E-state index is 11.5. The van der Waals surface area contributed by atoms with Crippen molar-refractivity contribution in [1.29, 1.82) is 0 Å². The number of hydrogen-bond acceptors (Lipinski definition) is 4. The molecule has 0 spiro atoms. The first-order valence-electron chi connectivity index (χ1n) is 5.51. The van der Waals surface area contributed by atoms with Gasteiger partial charge in [0.15, 0.2) is 5.78 Å². The first-order valence-corrected chi connectivity index (χ1v) is 6.56. The summed E-state index contributed by atoms with van der Waals surface area (Å²) in [5.74, 6) is 2.05. The largest absolute Gasteiger partial charge is 0.354 e. The molecule has 0 aromatic carbocycles. The molecule has 4 heteroatoms. The van der Waals surface area contributed by atoms with Gasteiger partial charge in [-0.05, 0) is 19.1 Å². The van der Waals surface area contributed by atoms with Crippen LogP contribution in [-0.4, -0.2) is 34.9 Å². The molecule has 1 aromatic rings. The molecule has 86 valence electrons. The summed E-state index contributed by atoms with van der Waals surface area (Å²) in [5, 5.41) is 0.607. The zero-order chi connectivity index (χ0) is 11.5. The third kappa shape index (κ3) is 2.38. The Kier molecular flexibility index (Phi) is 3.49. The van der Waals surface area contributed by atoms with Crippen molar-refractivity contribution >= 4 is 23.4 Å². The van der Waals surface area contributed by atoms with Crippen molar-refractivity contribution in [2.75, 3.05) is 23.7 Å². The van der Waals surface area contributed by atoms with Crippen LogP contribution in [0.1, 0.15) is 24.2 Å². The van der Waals surface area contributed by atoms with Crippen LogP contribution in [0, 0.1) is 0 Å². The van der Waals surface area contributed by atoms with Gasteiger partial charge >= 0.3 is 0 Å². The summed E-state index contributed by atoms with van der Waals surface area (Å²) in [5.41, 5.74) is 0.738. The second-order valence-corrected chi connectivity index (χ2v) is 5.60. The van der Waals surface area contributed by atoms with Gasteiger partial charge in [-0.25, -0.2) is 4.98 Å². The van der Waals surface area contributed by atoms with Crippen LogP contribution in [0.3, 0.4) is 0 Å². The van der Waals surface area contributed by atoms with Crippen molar-refractivity contribution in [3.05, 3.63) is 23.9 Å². The van der Waals surface area contributed by atoms with Crippen LogP contribution >= 0.6 is 11.8 Å². The molecule has 2 rings (SSSR count). The minimum atomic E-state index is 0.0916. The molecule has 1 fully saturated rings. The summed E-state index contributed by atoms with van der Waals surface area (Å²) < 4.78 is 0. The lowest BCUT2D eigenvalue weighted by molar-refractivity contribution is 0.101. The molecule has 1 saturated heterocycles. The molecule has 2 heterocycles. The number of nitrogens with zero attached hydrogens (tertiary/aromatic N) is 2. The molecule has 0 amide bonds. The fourth-order valence-electron chi connectivity index (χ4n) is 1.93. The zero-order valence-electron chi connectivity index (χ0n) is 9.64. The first-order chi connectivity index (χ1) is 7.68. The van der Waals surface area contributed by atoms with Crippen molar-refractivity contribution in [2.24, 2.45) is 0 Å². The summed E-state index contributed by atoms with van der Waals surface area (Å²) in [7, 11) is 0. The van der Waals surface area contributed by atoms with Gasteiger partial charge in [0, 0.05) is 30.3 Å². The van der Waals surface area contributed by atoms with Gasteiger partial charge in [0.25, 0.3) is 0 Å². The minimum absolute atomic E-state index is 0.0916. The van der Waals surface area contributed by atoms with Gasteiger partial charge < -0.3 is 4.90 Å². The SMILES string of the molecule is CC(=O)c1cccnc1N1CCSC(C)C1. The highest BCUT2D eigenvalue weighted by Crippen LogP contribution is 2.24. The highest BCUT2D eigenvalue weighted by molar-refractivity contribution is 8.00. The van der Waals surface area contributed by atoms with Gasteiger partial charge in [0.05, 0.1) is 5.56 Å². The first kappa shape index (κ1) is 11.5. The molecule has 1 aliphatic heterocycles. The van der Waals surface area contributed by atoms with E-state index in [1.165, 1.54) is 0 Å². The Bertz CT molecular complexity index is 394. The van der Waals surface area contributed by atoms with E-state index in [1.54, 1.807) is 13.1 Å². The van der Waals surface area contributed by atoms with Crippen LogP contribution in [0.4, 0.5) is 5.82 Å². The standard InChI is InChI=1S/C12H16N2OS/c1-9-8-14(6-7-16-9)12-11(10(2)15)4-3-5-13-12/h3-5,9H,6-8H2,1-2H3. The predicted molar refractivity (Wildman–Crippen MR) is 68.4 cm³/mol. The molecule has 1 atom stereocenters. The third-order valence-electron chi connectivity index (χ3n) is 2.71. The number of pyridine rings is 1. The van der Waals surface area contributed by atoms with E-state index in [1.807, 2.05) is 23.9 Å². The Morgan fingerprint density at radius 1 is 1.62 bits per heavy atom. The number of carbonyl (C=O) groups is 1. The summed E-state index contributed by atoms with van der Waals surface area (Å²) in [6.45, 7) is 5.77. The second-order valence-electron chi connectivity index (χ2n) is 4.06. The fraction of sp³-hybridized carbons (Fsp3) is 0.500. The van der Waals surface area contributed by atoms with Crippen LogP contribution < -0.4 is 4.90 Å². The number of rotatable bonds is 2. The Morgan fingerprint density at radius 2 is 2.44 bits per heavy atom. The van der Waals surface area contributed by atoms with Crippen LogP contribution in [0.2, 0.25) is 0 Å². The van der Waals surface area contributed by atoms with E-state index in [0.717, 1.165) is 30.2 Å². The molecular weight excluding hydrogens is 220 g/mol. The Labute approximate surface area is 100 Å². The van der Waals surface area contributed by atoms with E-state index in [9.17, 15) is 4.79 Å². The van der Waals surface area contributed by atoms with E-state index < -0.39 is 0 Å². The quantitative estimate of drug-likeness (QED) is 0.737. The van der Waals surface area contributed by atoms with Crippen molar-refractivity contribution in [3.63, 3.8) is 0 Å². The summed E-state index contributed by atoms with van der Waals surface area (Å²) >= 11 is 1.98. The maximum Gasteiger partial charge on any atom is 0.163 e. The molecular formula is C12H16N2OS. The normalized spacial score (nSPS) is 20.9. The number of anilines is 1. The zero-order valence-corrected chi connectivity index (χ0v) is 10.5. The van der Waals surface area contributed by atoms with E-state index in [4.69, 9.17) is 0 Å². The molecule has 0 bridgehead atoms. The van der Waals surface area contributed by atoms with Crippen LogP contribution in [0.15, 0.2) is 18.3 Å². The summed E-state index contributed by atoms with van der Waals surface area (Å²) in [6, 6.07) is 3.68. The number of thioether (sulfide) groups is 1. The van der Waals surface area contributed by atoms with Gasteiger partial charge in [-0.2, -0.15) is 11.8 Å². The van der Waals surface area contributed by atoms with E-state index >= 15 is 0 Å². The minimum Gasteiger partial charge on any atom is -0.354 e. The number of ketones is 1. The van der Waals surface area contributed by atoms with Gasteiger partial charge in [0.1, 0.15) is 5.82 Å². The average molecular weight is 236 g/mol. The molecule has 1 unspecified atom stereocenters. The van der Waals surface area contributed by atoms with E-state index in [0.29, 0.717) is 5.25 Å². The molecule has 0 aliphatic carbocycles. The molecule has 0 N–H and O–H groups in total.